The summed E-state index contributed by atoms with van der Waals surface area (Å²) in [6.07, 6.45) is 3.90. The van der Waals surface area contributed by atoms with E-state index in [1.54, 1.807) is 41.9 Å². The van der Waals surface area contributed by atoms with Crippen molar-refractivity contribution in [3.63, 3.8) is 0 Å². The highest BCUT2D eigenvalue weighted by molar-refractivity contribution is 7.90. The second kappa shape index (κ2) is 10.8. The summed E-state index contributed by atoms with van der Waals surface area (Å²) in [7, 11) is -2.36. The monoisotopic (exact) mass is 596 g/mol. The van der Waals surface area contributed by atoms with Gasteiger partial charge in [-0.15, -0.1) is 11.3 Å². The third-order valence-electron chi connectivity index (χ3n) is 6.66. The van der Waals surface area contributed by atoms with Gasteiger partial charge in [0.2, 0.25) is 0 Å². The van der Waals surface area contributed by atoms with E-state index in [0.29, 0.717) is 34.5 Å². The maximum atomic E-state index is 13.5. The number of aryl methyl sites for hydroxylation is 1. The van der Waals surface area contributed by atoms with Crippen molar-refractivity contribution < 1.29 is 22.7 Å². The third kappa shape index (κ3) is 5.91. The van der Waals surface area contributed by atoms with Crippen LogP contribution in [0, 0.1) is 6.92 Å². The highest BCUT2D eigenvalue weighted by Gasteiger charge is 2.33. The molecule has 1 aliphatic carbocycles. The maximum absolute atomic E-state index is 13.5. The minimum Gasteiger partial charge on any atom is -0.444 e. The SMILES string of the molecule is CNC(=O)c1csc(-c2cnc3c(ccn3S(=O)(=O)c3ccc(C)cc3)c2NC2CC(NC(=O)OC(C)(C)C)C2)n1. The van der Waals surface area contributed by atoms with Gasteiger partial charge >= 0.3 is 6.09 Å². The molecule has 2 amide bonds. The molecule has 1 aliphatic rings. The minimum atomic E-state index is -3.90. The molecule has 3 aromatic heterocycles. The Hall–Kier alpha value is -3.97. The summed E-state index contributed by atoms with van der Waals surface area (Å²) >= 11 is 1.30. The lowest BCUT2D eigenvalue weighted by atomic mass is 9.86. The zero-order valence-electron chi connectivity index (χ0n) is 23.4. The first-order valence-electron chi connectivity index (χ1n) is 13.1. The summed E-state index contributed by atoms with van der Waals surface area (Å²) in [6.45, 7) is 7.33. The quantitative estimate of drug-likeness (QED) is 0.282. The van der Waals surface area contributed by atoms with Crippen molar-refractivity contribution in [2.45, 2.75) is 63.1 Å². The van der Waals surface area contributed by atoms with E-state index in [0.717, 1.165) is 5.56 Å². The van der Waals surface area contributed by atoms with Gasteiger partial charge in [-0.05, 0) is 58.7 Å². The van der Waals surface area contributed by atoms with Crippen LogP contribution in [0.1, 0.15) is 49.7 Å². The molecule has 3 N–H and O–H groups in total. The normalized spacial score (nSPS) is 17.1. The van der Waals surface area contributed by atoms with E-state index in [1.807, 2.05) is 27.7 Å². The second-order valence-electron chi connectivity index (χ2n) is 11.0. The first-order chi connectivity index (χ1) is 19.4. The van der Waals surface area contributed by atoms with E-state index in [1.165, 1.54) is 28.6 Å². The number of rotatable bonds is 7. The number of anilines is 1. The molecule has 11 nitrogen and oxygen atoms in total. The Kier molecular flexibility index (Phi) is 7.51. The lowest BCUT2D eigenvalue weighted by molar-refractivity contribution is 0.0475. The number of ether oxygens (including phenoxy) is 1. The zero-order valence-corrected chi connectivity index (χ0v) is 25.0. The van der Waals surface area contributed by atoms with Crippen molar-refractivity contribution in [3.05, 3.63) is 59.4 Å². The van der Waals surface area contributed by atoms with E-state index >= 15 is 0 Å². The van der Waals surface area contributed by atoms with E-state index in [9.17, 15) is 18.0 Å². The lowest BCUT2D eigenvalue weighted by Gasteiger charge is -2.37. The van der Waals surface area contributed by atoms with Crippen LogP contribution < -0.4 is 16.0 Å². The van der Waals surface area contributed by atoms with Gasteiger partial charge in [0, 0.05) is 42.3 Å². The van der Waals surface area contributed by atoms with Gasteiger partial charge in [-0.2, -0.15) is 0 Å². The number of nitrogens with one attached hydrogen (secondary N) is 3. The summed E-state index contributed by atoms with van der Waals surface area (Å²) in [5.74, 6) is -0.304. The average molecular weight is 597 g/mol. The van der Waals surface area contributed by atoms with E-state index in [4.69, 9.17) is 4.74 Å². The van der Waals surface area contributed by atoms with Gasteiger partial charge in [-0.25, -0.2) is 27.2 Å². The van der Waals surface area contributed by atoms with Crippen LogP contribution in [0.3, 0.4) is 0 Å². The van der Waals surface area contributed by atoms with Gasteiger partial charge in [-0.3, -0.25) is 4.79 Å². The molecule has 1 saturated carbocycles. The van der Waals surface area contributed by atoms with Crippen LogP contribution >= 0.6 is 11.3 Å². The molecule has 216 valence electrons. The number of benzene rings is 1. The van der Waals surface area contributed by atoms with Crippen LogP contribution in [0.25, 0.3) is 21.6 Å². The van der Waals surface area contributed by atoms with Gasteiger partial charge < -0.3 is 20.7 Å². The van der Waals surface area contributed by atoms with E-state index < -0.39 is 21.7 Å². The molecule has 0 atom stereocenters. The summed E-state index contributed by atoms with van der Waals surface area (Å²) in [5, 5.41) is 11.8. The van der Waals surface area contributed by atoms with Crippen LogP contribution in [-0.4, -0.2) is 59.1 Å². The highest BCUT2D eigenvalue weighted by atomic mass is 32.2. The number of thiazole rings is 1. The molecule has 41 heavy (non-hydrogen) atoms. The second-order valence-corrected chi connectivity index (χ2v) is 13.7. The predicted molar refractivity (Wildman–Crippen MR) is 158 cm³/mol. The molecule has 0 radical (unpaired) electrons. The Bertz CT molecular complexity index is 1710. The fourth-order valence-corrected chi connectivity index (χ4v) is 6.68. The highest BCUT2D eigenvalue weighted by Crippen LogP contribution is 2.39. The largest absolute Gasteiger partial charge is 0.444 e. The van der Waals surface area contributed by atoms with Crippen LogP contribution in [0.15, 0.2) is 53.0 Å². The van der Waals surface area contributed by atoms with Crippen molar-refractivity contribution in [1.29, 1.82) is 0 Å². The maximum Gasteiger partial charge on any atom is 0.407 e. The molecule has 5 rings (SSSR count). The van der Waals surface area contributed by atoms with Crippen LogP contribution in [0.5, 0.6) is 0 Å². The molecular formula is C28H32N6O5S2. The number of fused-ring (bicyclic) bond motifs is 1. The van der Waals surface area contributed by atoms with Gasteiger partial charge in [0.05, 0.1) is 16.1 Å². The van der Waals surface area contributed by atoms with Crippen molar-refractivity contribution in [1.82, 2.24) is 24.6 Å². The number of pyridine rings is 1. The Morgan fingerprint density at radius 2 is 1.80 bits per heavy atom. The Labute approximate surface area is 242 Å². The first-order valence-corrected chi connectivity index (χ1v) is 15.4. The van der Waals surface area contributed by atoms with Crippen molar-refractivity contribution in [2.75, 3.05) is 12.4 Å². The van der Waals surface area contributed by atoms with Crippen LogP contribution in [-0.2, 0) is 14.8 Å². The van der Waals surface area contributed by atoms with Crippen molar-refractivity contribution in [3.8, 4) is 10.6 Å². The fourth-order valence-electron chi connectivity index (χ4n) is 4.56. The summed E-state index contributed by atoms with van der Waals surface area (Å²) in [4.78, 5) is 33.5. The topological polar surface area (TPSA) is 144 Å². The number of aromatic nitrogens is 3. The van der Waals surface area contributed by atoms with Crippen molar-refractivity contribution in [2.24, 2.45) is 0 Å². The number of hydrogen-bond donors (Lipinski definition) is 3. The van der Waals surface area contributed by atoms with Crippen LogP contribution in [0.4, 0.5) is 10.5 Å². The molecule has 0 aliphatic heterocycles. The molecule has 0 spiro atoms. The number of amides is 2. The molecule has 13 heteroatoms. The lowest BCUT2D eigenvalue weighted by Crippen LogP contribution is -2.50. The Morgan fingerprint density at radius 1 is 1.10 bits per heavy atom. The number of nitrogens with zero attached hydrogens (tertiary/aromatic N) is 3. The Balaban J connectivity index is 1.48. The standard InChI is InChI=1S/C28H32N6O5S2/c1-16-6-8-19(9-7-16)41(37,38)34-11-10-20-23(31-17-12-18(13-17)32-27(36)39-28(2,3)4)21(14-30-24(20)34)26-33-22(15-40-26)25(35)29-5/h6-11,14-15,17-18H,12-13H2,1-5H3,(H,29,35)(H,30,31)(H,32,36). The molecule has 0 unspecified atom stereocenters. The predicted octanol–water partition coefficient (Wildman–Crippen LogP) is 4.53. The van der Waals surface area contributed by atoms with Crippen LogP contribution in [0.2, 0.25) is 0 Å². The van der Waals surface area contributed by atoms with Crippen molar-refractivity contribution >= 4 is 50.1 Å². The van der Waals surface area contributed by atoms with Gasteiger partial charge in [0.1, 0.15) is 16.3 Å². The summed E-state index contributed by atoms with van der Waals surface area (Å²) < 4.78 is 33.6. The molecule has 0 bridgehead atoms. The average Bonchev–Trinajstić information content (AvgIpc) is 3.54. The van der Waals surface area contributed by atoms with Gasteiger partial charge in [0.25, 0.3) is 15.9 Å². The molecule has 4 aromatic rings. The number of alkyl carbamates (subject to hydrolysis) is 1. The minimum absolute atomic E-state index is 0.00489. The van der Waals surface area contributed by atoms with E-state index in [2.05, 4.69) is 25.9 Å². The summed E-state index contributed by atoms with van der Waals surface area (Å²) in [5.41, 5.74) is 2.22. The molecule has 0 saturated heterocycles. The Morgan fingerprint density at radius 3 is 2.46 bits per heavy atom. The van der Waals surface area contributed by atoms with Gasteiger partial charge in [-0.1, -0.05) is 17.7 Å². The third-order valence-corrected chi connectivity index (χ3v) is 9.22. The molecular weight excluding hydrogens is 564 g/mol. The van der Waals surface area contributed by atoms with E-state index in [-0.39, 0.29) is 34.2 Å². The zero-order chi connectivity index (χ0) is 29.5. The molecule has 3 heterocycles. The molecule has 1 aromatic carbocycles. The summed E-state index contributed by atoms with van der Waals surface area (Å²) in [6, 6.07) is 8.30. The number of carbonyl (C=O) groups is 2. The van der Waals surface area contributed by atoms with Gasteiger partial charge in [0.15, 0.2) is 5.65 Å². The number of carbonyl (C=O) groups excluding carboxylic acids is 2. The number of hydrogen-bond acceptors (Lipinski definition) is 9. The smallest absolute Gasteiger partial charge is 0.407 e. The molecule has 1 fully saturated rings. The first kappa shape index (κ1) is 28.6. The fraction of sp³-hybridized carbons (Fsp3) is 0.357.